The molecule has 0 bridgehead atoms. The normalized spacial score (nSPS) is 12.3. The van der Waals surface area contributed by atoms with Crippen molar-refractivity contribution in [2.75, 3.05) is 7.11 Å². The first-order valence-electron chi connectivity index (χ1n) is 9.25. The molecule has 0 aliphatic heterocycles. The van der Waals surface area contributed by atoms with Crippen molar-refractivity contribution in [3.63, 3.8) is 0 Å². The van der Waals surface area contributed by atoms with Crippen molar-refractivity contribution >= 4 is 13.6 Å². The van der Waals surface area contributed by atoms with E-state index in [1.807, 2.05) is 32.9 Å². The maximum atomic E-state index is 13.0. The number of phosphoric ester groups is 1. The van der Waals surface area contributed by atoms with E-state index in [-0.39, 0.29) is 46.8 Å². The molecule has 0 heterocycles. The van der Waals surface area contributed by atoms with Gasteiger partial charge >= 0.3 is 37.4 Å². The Balaban J connectivity index is 0.00000341. The van der Waals surface area contributed by atoms with Gasteiger partial charge in [-0.1, -0.05) is 29.8 Å². The number of benzene rings is 3. The zero-order valence-electron chi connectivity index (χ0n) is 18.2. The van der Waals surface area contributed by atoms with E-state index < -0.39 is 7.82 Å². The van der Waals surface area contributed by atoms with Gasteiger partial charge < -0.3 is 18.7 Å². The summed E-state index contributed by atoms with van der Waals surface area (Å²) in [6, 6.07) is 16.0. The molecule has 0 aliphatic rings. The first-order chi connectivity index (χ1) is 14.2. The minimum absolute atomic E-state index is 0. The van der Waals surface area contributed by atoms with Crippen molar-refractivity contribution in [3.8, 4) is 17.2 Å². The number of aryl methyl sites for hydroxylation is 3. The molecule has 0 saturated heterocycles. The number of phosphoric acid groups is 1. The van der Waals surface area contributed by atoms with Gasteiger partial charge in [-0.2, -0.15) is 0 Å². The summed E-state index contributed by atoms with van der Waals surface area (Å²) in [5.41, 5.74) is 3.72. The van der Waals surface area contributed by atoms with Crippen LogP contribution in [0.3, 0.4) is 0 Å². The molecular formula is C23H22NaO6P. The van der Waals surface area contributed by atoms with Crippen molar-refractivity contribution in [1.82, 2.24) is 0 Å². The first-order valence-corrected chi connectivity index (χ1v) is 10.7. The number of carbonyl (C=O) groups excluding carboxylic acids is 1. The van der Waals surface area contributed by atoms with Crippen molar-refractivity contribution in [2.24, 2.45) is 0 Å². The Labute approximate surface area is 204 Å². The van der Waals surface area contributed by atoms with Gasteiger partial charge in [-0.3, -0.25) is 4.79 Å². The van der Waals surface area contributed by atoms with Crippen LogP contribution in [-0.4, -0.2) is 12.9 Å². The molecule has 0 aromatic heterocycles. The van der Waals surface area contributed by atoms with Crippen LogP contribution in [0.4, 0.5) is 0 Å². The van der Waals surface area contributed by atoms with Crippen LogP contribution in [0.1, 0.15) is 32.6 Å². The molecule has 156 valence electrons. The number of carbonyl (C=O) groups is 1. The molecule has 6 nitrogen and oxygen atoms in total. The molecule has 8 heteroatoms. The van der Waals surface area contributed by atoms with Gasteiger partial charge in [0.1, 0.15) is 17.2 Å². The molecule has 0 fully saturated rings. The number of hydrogen-bond donors (Lipinski definition) is 0. The SMILES string of the molecule is COc1ccc(OP(=O)([O-])Oc2cccc(C(=O)c3c(C)cc(C)cc3C)c2)cc1.[Na+]. The molecule has 0 saturated carbocycles. The van der Waals surface area contributed by atoms with Gasteiger partial charge in [0.2, 0.25) is 0 Å². The predicted octanol–water partition coefficient (Wildman–Crippen LogP) is 1.78. The Morgan fingerprint density at radius 3 is 1.97 bits per heavy atom. The number of ketones is 1. The Bertz CT molecular complexity index is 1100. The molecule has 3 aromatic carbocycles. The van der Waals surface area contributed by atoms with E-state index in [1.54, 1.807) is 24.3 Å². The standard InChI is InChI=1S/C23H23O6P.Na/c1-15-12-16(2)22(17(3)13-15)23(24)18-6-5-7-21(14-18)29-30(25,26)28-20-10-8-19(27-4)9-11-20;/h5-14H,1-4H3,(H,25,26);/q;+1/p-1. The first kappa shape index (κ1) is 25.2. The van der Waals surface area contributed by atoms with Crippen molar-refractivity contribution in [2.45, 2.75) is 20.8 Å². The largest absolute Gasteiger partial charge is 1.00 e. The molecule has 0 aliphatic carbocycles. The summed E-state index contributed by atoms with van der Waals surface area (Å²) in [5, 5.41) is 0. The number of hydrogen-bond acceptors (Lipinski definition) is 6. The van der Waals surface area contributed by atoms with Crippen LogP contribution in [-0.2, 0) is 4.57 Å². The molecule has 1 unspecified atom stereocenters. The van der Waals surface area contributed by atoms with E-state index in [2.05, 4.69) is 0 Å². The fraction of sp³-hybridized carbons (Fsp3) is 0.174. The zero-order chi connectivity index (χ0) is 21.9. The summed E-state index contributed by atoms with van der Waals surface area (Å²) in [4.78, 5) is 25.3. The van der Waals surface area contributed by atoms with Gasteiger partial charge in [0.05, 0.1) is 7.11 Å². The van der Waals surface area contributed by atoms with Gasteiger partial charge in [0, 0.05) is 11.1 Å². The van der Waals surface area contributed by atoms with Gasteiger partial charge in [-0.25, -0.2) is 4.57 Å². The third-order valence-electron chi connectivity index (χ3n) is 4.49. The summed E-state index contributed by atoms with van der Waals surface area (Å²) in [6.07, 6.45) is 0. The van der Waals surface area contributed by atoms with Crippen LogP contribution in [0, 0.1) is 20.8 Å². The minimum atomic E-state index is -4.71. The molecule has 0 radical (unpaired) electrons. The summed E-state index contributed by atoms with van der Waals surface area (Å²) < 4.78 is 27.4. The third-order valence-corrected chi connectivity index (χ3v) is 5.36. The summed E-state index contributed by atoms with van der Waals surface area (Å²) in [7, 11) is -3.20. The van der Waals surface area contributed by atoms with Crippen LogP contribution in [0.5, 0.6) is 17.2 Å². The van der Waals surface area contributed by atoms with E-state index in [4.69, 9.17) is 13.8 Å². The average molecular weight is 448 g/mol. The smallest absolute Gasteiger partial charge is 0.736 e. The number of ether oxygens (including phenoxy) is 1. The third kappa shape index (κ3) is 6.45. The number of methoxy groups -OCH3 is 1. The minimum Gasteiger partial charge on any atom is -0.736 e. The molecular weight excluding hydrogens is 426 g/mol. The van der Waals surface area contributed by atoms with E-state index in [9.17, 15) is 14.3 Å². The maximum absolute atomic E-state index is 13.0. The Morgan fingerprint density at radius 2 is 1.39 bits per heavy atom. The van der Waals surface area contributed by atoms with Gasteiger partial charge in [0.15, 0.2) is 5.78 Å². The van der Waals surface area contributed by atoms with E-state index >= 15 is 0 Å². The van der Waals surface area contributed by atoms with E-state index in [0.717, 1.165) is 16.7 Å². The topological polar surface area (TPSA) is 84.9 Å². The van der Waals surface area contributed by atoms with Gasteiger partial charge in [-0.05, 0) is 68.3 Å². The Hall–Kier alpha value is -2.08. The predicted molar refractivity (Wildman–Crippen MR) is 112 cm³/mol. The Kier molecular flexibility index (Phi) is 8.52. The molecule has 0 amide bonds. The van der Waals surface area contributed by atoms with Crippen molar-refractivity contribution < 1.29 is 57.6 Å². The fourth-order valence-corrected chi connectivity index (χ4v) is 4.08. The fourth-order valence-electron chi connectivity index (χ4n) is 3.29. The Morgan fingerprint density at radius 1 is 0.839 bits per heavy atom. The number of rotatable bonds is 7. The molecule has 0 N–H and O–H groups in total. The van der Waals surface area contributed by atoms with Crippen LogP contribution in [0.2, 0.25) is 0 Å². The average Bonchev–Trinajstić information content (AvgIpc) is 2.67. The summed E-state index contributed by atoms with van der Waals surface area (Å²) >= 11 is 0. The second-order valence-electron chi connectivity index (χ2n) is 6.94. The van der Waals surface area contributed by atoms with Crippen LogP contribution < -0.4 is 48.2 Å². The molecule has 0 spiro atoms. The maximum Gasteiger partial charge on any atom is 1.00 e. The monoisotopic (exact) mass is 448 g/mol. The van der Waals surface area contributed by atoms with Crippen LogP contribution >= 0.6 is 7.82 Å². The molecule has 3 rings (SSSR count). The zero-order valence-corrected chi connectivity index (χ0v) is 21.1. The van der Waals surface area contributed by atoms with Crippen molar-refractivity contribution in [3.05, 3.63) is 88.5 Å². The van der Waals surface area contributed by atoms with E-state index in [0.29, 0.717) is 16.9 Å². The summed E-state index contributed by atoms with van der Waals surface area (Å²) in [5.74, 6) is 0.451. The second-order valence-corrected chi connectivity index (χ2v) is 8.20. The second kappa shape index (κ2) is 10.5. The van der Waals surface area contributed by atoms with E-state index in [1.165, 1.54) is 31.4 Å². The summed E-state index contributed by atoms with van der Waals surface area (Å²) in [6.45, 7) is 5.72. The van der Waals surface area contributed by atoms with Gasteiger partial charge in [0.25, 0.3) is 0 Å². The van der Waals surface area contributed by atoms with Crippen LogP contribution in [0.15, 0.2) is 60.7 Å². The van der Waals surface area contributed by atoms with Gasteiger partial charge in [-0.15, -0.1) is 0 Å². The van der Waals surface area contributed by atoms with Crippen LogP contribution in [0.25, 0.3) is 0 Å². The molecule has 3 aromatic rings. The molecule has 1 atom stereocenters. The van der Waals surface area contributed by atoms with Crippen molar-refractivity contribution in [1.29, 1.82) is 0 Å². The molecule has 31 heavy (non-hydrogen) atoms. The quantitative estimate of drug-likeness (QED) is 0.311.